The van der Waals surface area contributed by atoms with Crippen molar-refractivity contribution in [3.63, 3.8) is 0 Å². The van der Waals surface area contributed by atoms with Crippen molar-refractivity contribution in [3.05, 3.63) is 70.7 Å². The molecule has 0 amide bonds. The summed E-state index contributed by atoms with van der Waals surface area (Å²) in [5, 5.41) is 0.665. The number of hydrogen-bond donors (Lipinski definition) is 0. The van der Waals surface area contributed by atoms with Gasteiger partial charge in [0.05, 0.1) is 0 Å². The van der Waals surface area contributed by atoms with Gasteiger partial charge in [0.25, 0.3) is 0 Å². The molecule has 2 aromatic rings. The van der Waals surface area contributed by atoms with Crippen molar-refractivity contribution in [2.24, 2.45) is 0 Å². The fraction of sp³-hybridized carbons (Fsp3) is 0. The fourth-order valence-corrected chi connectivity index (χ4v) is 1.68. The van der Waals surface area contributed by atoms with Gasteiger partial charge in [0.2, 0.25) is 0 Å². The van der Waals surface area contributed by atoms with Gasteiger partial charge in [-0.25, -0.2) is 0 Å². The van der Waals surface area contributed by atoms with Crippen molar-refractivity contribution in [2.45, 2.75) is 0 Å². The Bertz CT molecular complexity index is 527. The summed E-state index contributed by atoms with van der Waals surface area (Å²) in [6.45, 7) is 0. The lowest BCUT2D eigenvalue weighted by atomic mass is 10.0. The largest absolute Gasteiger partial charge is 0.298 e. The Hall–Kier alpha value is -1.86. The molecule has 0 bridgehead atoms. The number of hydrogen-bond acceptors (Lipinski definition) is 1. The van der Waals surface area contributed by atoms with E-state index in [-0.39, 0.29) is 0 Å². The van der Waals surface area contributed by atoms with Crippen LogP contribution in [-0.4, -0.2) is 6.29 Å². The molecule has 0 saturated carbocycles. The first-order valence-electron chi connectivity index (χ1n) is 5.27. The average molecular weight is 243 g/mol. The van der Waals surface area contributed by atoms with E-state index >= 15 is 0 Å². The van der Waals surface area contributed by atoms with Gasteiger partial charge in [-0.05, 0) is 29.3 Å². The molecule has 0 aromatic heterocycles. The second kappa shape index (κ2) is 5.46. The Kier molecular flexibility index (Phi) is 3.73. The van der Waals surface area contributed by atoms with E-state index in [2.05, 4.69) is 0 Å². The maximum Gasteiger partial charge on any atom is 0.150 e. The molecule has 2 rings (SSSR count). The first-order chi connectivity index (χ1) is 8.29. The number of benzene rings is 2. The van der Waals surface area contributed by atoms with Gasteiger partial charge in [-0.3, -0.25) is 4.79 Å². The summed E-state index contributed by atoms with van der Waals surface area (Å²) < 4.78 is 0. The molecule has 0 N–H and O–H groups in total. The summed E-state index contributed by atoms with van der Waals surface area (Å²) >= 11 is 5.81. The zero-order valence-electron chi connectivity index (χ0n) is 9.14. The van der Waals surface area contributed by atoms with Crippen molar-refractivity contribution >= 4 is 29.5 Å². The Morgan fingerprint density at radius 3 is 2.18 bits per heavy atom. The predicted octanol–water partition coefficient (Wildman–Crippen LogP) is 4.08. The zero-order valence-corrected chi connectivity index (χ0v) is 9.89. The first kappa shape index (κ1) is 11.6. The van der Waals surface area contributed by atoms with Crippen LogP contribution in [0.5, 0.6) is 0 Å². The molecule has 0 radical (unpaired) electrons. The molecule has 2 heteroatoms. The second-order valence-corrected chi connectivity index (χ2v) is 4.07. The predicted molar refractivity (Wildman–Crippen MR) is 71.8 cm³/mol. The molecular formula is C15H11ClO. The van der Waals surface area contributed by atoms with Gasteiger partial charge in [-0.1, -0.05) is 54.1 Å². The van der Waals surface area contributed by atoms with Gasteiger partial charge >= 0.3 is 0 Å². The Balaban J connectivity index is 2.37. The van der Waals surface area contributed by atoms with E-state index in [9.17, 15) is 4.79 Å². The molecule has 0 unspecified atom stereocenters. The summed E-state index contributed by atoms with van der Waals surface area (Å²) in [6, 6.07) is 17.0. The normalized spacial score (nSPS) is 11.2. The average Bonchev–Trinajstić information content (AvgIpc) is 2.38. The SMILES string of the molecule is O=CC(=Cc1ccccc1)c1ccc(Cl)cc1. The van der Waals surface area contributed by atoms with Crippen LogP contribution < -0.4 is 0 Å². The number of rotatable bonds is 3. The van der Waals surface area contributed by atoms with Crippen LogP contribution >= 0.6 is 11.6 Å². The molecule has 0 saturated heterocycles. The number of halogens is 1. The van der Waals surface area contributed by atoms with Crippen LogP contribution in [0.2, 0.25) is 5.02 Å². The van der Waals surface area contributed by atoms with Crippen LogP contribution in [0.25, 0.3) is 11.6 Å². The molecule has 2 aromatic carbocycles. The lowest BCUT2D eigenvalue weighted by Crippen LogP contribution is -1.85. The third kappa shape index (κ3) is 3.05. The molecule has 0 aliphatic carbocycles. The van der Waals surface area contributed by atoms with Crippen LogP contribution in [0.15, 0.2) is 54.6 Å². The molecule has 17 heavy (non-hydrogen) atoms. The molecule has 0 aliphatic rings. The number of carbonyl (C=O) groups excluding carboxylic acids is 1. The van der Waals surface area contributed by atoms with Crippen molar-refractivity contribution in [1.82, 2.24) is 0 Å². The Labute approximate surface area is 105 Å². The second-order valence-electron chi connectivity index (χ2n) is 3.64. The van der Waals surface area contributed by atoms with Gasteiger partial charge in [-0.15, -0.1) is 0 Å². The van der Waals surface area contributed by atoms with Crippen LogP contribution in [-0.2, 0) is 4.79 Å². The topological polar surface area (TPSA) is 17.1 Å². The lowest BCUT2D eigenvalue weighted by molar-refractivity contribution is -0.103. The minimum Gasteiger partial charge on any atom is -0.298 e. The zero-order chi connectivity index (χ0) is 12.1. The lowest BCUT2D eigenvalue weighted by Gasteiger charge is -2.01. The molecule has 0 spiro atoms. The highest BCUT2D eigenvalue weighted by Gasteiger charge is 2.00. The highest BCUT2D eigenvalue weighted by Crippen LogP contribution is 2.18. The smallest absolute Gasteiger partial charge is 0.150 e. The summed E-state index contributed by atoms with van der Waals surface area (Å²) in [5.41, 5.74) is 2.52. The van der Waals surface area contributed by atoms with Crippen LogP contribution in [0.1, 0.15) is 11.1 Å². The number of carbonyl (C=O) groups is 1. The first-order valence-corrected chi connectivity index (χ1v) is 5.65. The van der Waals surface area contributed by atoms with E-state index in [0.29, 0.717) is 10.6 Å². The van der Waals surface area contributed by atoms with E-state index in [4.69, 9.17) is 11.6 Å². The van der Waals surface area contributed by atoms with E-state index in [1.54, 1.807) is 12.1 Å². The monoisotopic (exact) mass is 242 g/mol. The quantitative estimate of drug-likeness (QED) is 0.450. The van der Waals surface area contributed by atoms with E-state index in [1.807, 2.05) is 48.5 Å². The molecule has 1 nitrogen and oxygen atoms in total. The van der Waals surface area contributed by atoms with E-state index in [1.165, 1.54) is 0 Å². The standard InChI is InChI=1S/C15H11ClO/c16-15-8-6-13(7-9-15)14(11-17)10-12-4-2-1-3-5-12/h1-11H. The van der Waals surface area contributed by atoms with Gasteiger partial charge in [0, 0.05) is 10.6 Å². The molecule has 84 valence electrons. The highest BCUT2D eigenvalue weighted by atomic mass is 35.5. The molecule has 0 aliphatic heterocycles. The minimum absolute atomic E-state index is 0.646. The van der Waals surface area contributed by atoms with Gasteiger partial charge in [0.15, 0.2) is 6.29 Å². The summed E-state index contributed by atoms with van der Waals surface area (Å²) in [6.07, 6.45) is 2.71. The van der Waals surface area contributed by atoms with Gasteiger partial charge < -0.3 is 0 Å². The summed E-state index contributed by atoms with van der Waals surface area (Å²) in [7, 11) is 0. The van der Waals surface area contributed by atoms with E-state index < -0.39 is 0 Å². The fourth-order valence-electron chi connectivity index (χ4n) is 1.56. The van der Waals surface area contributed by atoms with Crippen molar-refractivity contribution < 1.29 is 4.79 Å². The van der Waals surface area contributed by atoms with Crippen molar-refractivity contribution in [1.29, 1.82) is 0 Å². The van der Waals surface area contributed by atoms with E-state index in [0.717, 1.165) is 17.4 Å². The van der Waals surface area contributed by atoms with Crippen molar-refractivity contribution in [2.75, 3.05) is 0 Å². The maximum absolute atomic E-state index is 11.1. The molecule has 0 atom stereocenters. The highest BCUT2D eigenvalue weighted by molar-refractivity contribution is 6.30. The Morgan fingerprint density at radius 2 is 1.59 bits per heavy atom. The summed E-state index contributed by atoms with van der Waals surface area (Å²) in [5.74, 6) is 0. The maximum atomic E-state index is 11.1. The van der Waals surface area contributed by atoms with Gasteiger partial charge in [-0.2, -0.15) is 0 Å². The molecule has 0 heterocycles. The summed E-state index contributed by atoms with van der Waals surface area (Å²) in [4.78, 5) is 11.1. The van der Waals surface area contributed by atoms with Crippen LogP contribution in [0, 0.1) is 0 Å². The number of aldehydes is 1. The van der Waals surface area contributed by atoms with Crippen LogP contribution in [0.3, 0.4) is 0 Å². The Morgan fingerprint density at radius 1 is 0.941 bits per heavy atom. The minimum atomic E-state index is 0.646. The molecular weight excluding hydrogens is 232 g/mol. The van der Waals surface area contributed by atoms with Crippen LogP contribution in [0.4, 0.5) is 0 Å². The third-order valence-corrected chi connectivity index (χ3v) is 2.68. The number of allylic oxidation sites excluding steroid dienone is 1. The van der Waals surface area contributed by atoms with Gasteiger partial charge in [0.1, 0.15) is 0 Å². The third-order valence-electron chi connectivity index (χ3n) is 2.43. The van der Waals surface area contributed by atoms with Crippen molar-refractivity contribution in [3.8, 4) is 0 Å². The molecule has 0 fully saturated rings.